The van der Waals surface area contributed by atoms with E-state index < -0.39 is 0 Å². The second kappa shape index (κ2) is 7.69. The van der Waals surface area contributed by atoms with E-state index in [4.69, 9.17) is 4.74 Å². The number of hydrogen-bond acceptors (Lipinski definition) is 2. The van der Waals surface area contributed by atoms with Gasteiger partial charge in [-0.1, -0.05) is 66.7 Å². The molecule has 0 bridgehead atoms. The number of halogens is 1. The van der Waals surface area contributed by atoms with E-state index in [1.165, 1.54) is 16.3 Å². The Labute approximate surface area is 149 Å². The Morgan fingerprint density at radius 3 is 2.50 bits per heavy atom. The fourth-order valence-corrected chi connectivity index (χ4v) is 3.44. The Morgan fingerprint density at radius 2 is 1.62 bits per heavy atom. The maximum Gasteiger partial charge on any atom is 0.127 e. The lowest BCUT2D eigenvalue weighted by Gasteiger charge is -2.14. The molecule has 1 aliphatic heterocycles. The summed E-state index contributed by atoms with van der Waals surface area (Å²) >= 11 is 0. The molecule has 4 rings (SSSR count). The van der Waals surface area contributed by atoms with Crippen LogP contribution >= 0.6 is 12.4 Å². The first kappa shape index (κ1) is 16.8. The zero-order valence-corrected chi connectivity index (χ0v) is 14.3. The van der Waals surface area contributed by atoms with Crippen LogP contribution in [0, 0.1) is 0 Å². The van der Waals surface area contributed by atoms with Crippen molar-refractivity contribution in [2.24, 2.45) is 0 Å². The molecule has 1 fully saturated rings. The van der Waals surface area contributed by atoms with Crippen molar-refractivity contribution in [3.8, 4) is 5.75 Å². The normalized spacial score (nSPS) is 19.8. The molecule has 2 nitrogen and oxygen atoms in total. The van der Waals surface area contributed by atoms with E-state index in [9.17, 15) is 0 Å². The number of benzene rings is 3. The van der Waals surface area contributed by atoms with Crippen LogP contribution < -0.4 is 10.1 Å². The number of hydrogen-bond donors (Lipinski definition) is 1. The maximum atomic E-state index is 6.12. The average Bonchev–Trinajstić information content (AvgIpc) is 3.10. The van der Waals surface area contributed by atoms with Gasteiger partial charge in [0.05, 0.1) is 0 Å². The van der Waals surface area contributed by atoms with Crippen LogP contribution in [0.4, 0.5) is 0 Å². The molecule has 24 heavy (non-hydrogen) atoms. The molecular formula is C21H22ClNO. The first-order valence-electron chi connectivity index (χ1n) is 8.29. The highest BCUT2D eigenvalue weighted by molar-refractivity contribution is 5.88. The zero-order chi connectivity index (χ0) is 15.5. The SMILES string of the molecule is Cl.c1ccc([C@@H]2CN[C@H](COc3cccc4ccccc34)C2)cc1. The largest absolute Gasteiger partial charge is 0.491 e. The minimum absolute atomic E-state index is 0. The van der Waals surface area contributed by atoms with E-state index in [-0.39, 0.29) is 12.4 Å². The molecule has 0 aromatic heterocycles. The second-order valence-electron chi connectivity index (χ2n) is 6.24. The minimum atomic E-state index is 0. The number of nitrogens with one attached hydrogen (secondary N) is 1. The summed E-state index contributed by atoms with van der Waals surface area (Å²) in [6, 6.07) is 25.8. The summed E-state index contributed by atoms with van der Waals surface area (Å²) in [5, 5.41) is 6.01. The van der Waals surface area contributed by atoms with E-state index in [1.54, 1.807) is 0 Å². The fraction of sp³-hybridized carbons (Fsp3) is 0.238. The molecular weight excluding hydrogens is 318 g/mol. The van der Waals surface area contributed by atoms with Gasteiger partial charge >= 0.3 is 0 Å². The minimum Gasteiger partial charge on any atom is -0.491 e. The lowest BCUT2D eigenvalue weighted by molar-refractivity contribution is 0.279. The van der Waals surface area contributed by atoms with Crippen LogP contribution in [0.15, 0.2) is 72.8 Å². The Kier molecular flexibility index (Phi) is 5.39. The molecule has 2 atom stereocenters. The predicted octanol–water partition coefficient (Wildman–Crippen LogP) is 4.79. The molecule has 0 unspecified atom stereocenters. The molecule has 0 spiro atoms. The van der Waals surface area contributed by atoms with Crippen LogP contribution in [0.5, 0.6) is 5.75 Å². The van der Waals surface area contributed by atoms with Gasteiger partial charge in [0.1, 0.15) is 12.4 Å². The molecule has 1 heterocycles. The molecule has 0 radical (unpaired) electrons. The van der Waals surface area contributed by atoms with Gasteiger partial charge in [-0.25, -0.2) is 0 Å². The van der Waals surface area contributed by atoms with Crippen LogP contribution in [-0.2, 0) is 0 Å². The Morgan fingerprint density at radius 1 is 0.875 bits per heavy atom. The highest BCUT2D eigenvalue weighted by atomic mass is 35.5. The topological polar surface area (TPSA) is 21.3 Å². The quantitative estimate of drug-likeness (QED) is 0.738. The lowest BCUT2D eigenvalue weighted by Crippen LogP contribution is -2.28. The van der Waals surface area contributed by atoms with Gasteiger partial charge in [0.15, 0.2) is 0 Å². The maximum absolute atomic E-state index is 6.12. The van der Waals surface area contributed by atoms with E-state index in [1.807, 2.05) is 0 Å². The van der Waals surface area contributed by atoms with E-state index in [2.05, 4.69) is 78.1 Å². The van der Waals surface area contributed by atoms with Gasteiger partial charge in [0, 0.05) is 18.0 Å². The van der Waals surface area contributed by atoms with Crippen molar-refractivity contribution in [2.75, 3.05) is 13.2 Å². The van der Waals surface area contributed by atoms with Crippen molar-refractivity contribution in [3.05, 3.63) is 78.4 Å². The van der Waals surface area contributed by atoms with Gasteiger partial charge in [0.25, 0.3) is 0 Å². The van der Waals surface area contributed by atoms with Crippen molar-refractivity contribution < 1.29 is 4.74 Å². The van der Waals surface area contributed by atoms with Gasteiger partial charge in [-0.2, -0.15) is 0 Å². The van der Waals surface area contributed by atoms with Crippen molar-refractivity contribution in [1.82, 2.24) is 5.32 Å². The van der Waals surface area contributed by atoms with Gasteiger partial charge in [-0.15, -0.1) is 12.4 Å². The number of fused-ring (bicyclic) bond motifs is 1. The third-order valence-corrected chi connectivity index (χ3v) is 4.68. The number of ether oxygens (including phenoxy) is 1. The Hall–Kier alpha value is -2.03. The monoisotopic (exact) mass is 339 g/mol. The molecule has 1 saturated heterocycles. The summed E-state index contributed by atoms with van der Waals surface area (Å²) in [5.74, 6) is 1.57. The lowest BCUT2D eigenvalue weighted by atomic mass is 9.97. The first-order valence-corrected chi connectivity index (χ1v) is 8.29. The van der Waals surface area contributed by atoms with Gasteiger partial charge in [0.2, 0.25) is 0 Å². The van der Waals surface area contributed by atoms with Gasteiger partial charge < -0.3 is 10.1 Å². The van der Waals surface area contributed by atoms with Crippen LogP contribution in [0.3, 0.4) is 0 Å². The smallest absolute Gasteiger partial charge is 0.127 e. The van der Waals surface area contributed by atoms with Crippen LogP contribution in [0.2, 0.25) is 0 Å². The molecule has 1 aliphatic rings. The molecule has 0 aliphatic carbocycles. The molecule has 0 amide bonds. The van der Waals surface area contributed by atoms with E-state index >= 15 is 0 Å². The van der Waals surface area contributed by atoms with Crippen molar-refractivity contribution in [1.29, 1.82) is 0 Å². The molecule has 124 valence electrons. The Bertz CT molecular complexity index is 785. The molecule has 3 aromatic rings. The standard InChI is InChI=1S/C21H21NO.ClH/c1-2-7-16(8-3-1)18-13-19(22-14-18)15-23-21-12-6-10-17-9-4-5-11-20(17)21;/h1-12,18-19,22H,13-15H2;1H/t18-,19-;/m0./s1. The summed E-state index contributed by atoms with van der Waals surface area (Å²) in [6.07, 6.45) is 1.13. The molecule has 3 heteroatoms. The first-order chi connectivity index (χ1) is 11.4. The number of rotatable bonds is 4. The van der Waals surface area contributed by atoms with Gasteiger partial charge in [-0.3, -0.25) is 0 Å². The summed E-state index contributed by atoms with van der Waals surface area (Å²) in [7, 11) is 0. The van der Waals surface area contributed by atoms with Crippen LogP contribution in [0.25, 0.3) is 10.8 Å². The highest BCUT2D eigenvalue weighted by Crippen LogP contribution is 2.28. The summed E-state index contributed by atoms with van der Waals surface area (Å²) < 4.78 is 6.12. The van der Waals surface area contributed by atoms with Crippen LogP contribution in [-0.4, -0.2) is 19.2 Å². The second-order valence-corrected chi connectivity index (χ2v) is 6.24. The summed E-state index contributed by atoms with van der Waals surface area (Å²) in [6.45, 7) is 1.75. The molecule has 0 saturated carbocycles. The van der Waals surface area contributed by atoms with E-state index in [0.717, 1.165) is 25.3 Å². The molecule has 3 aromatic carbocycles. The third kappa shape index (κ3) is 3.55. The molecule has 1 N–H and O–H groups in total. The Balaban J connectivity index is 0.00000169. The highest BCUT2D eigenvalue weighted by Gasteiger charge is 2.25. The predicted molar refractivity (Wildman–Crippen MR) is 102 cm³/mol. The van der Waals surface area contributed by atoms with Crippen molar-refractivity contribution in [3.63, 3.8) is 0 Å². The van der Waals surface area contributed by atoms with E-state index in [0.29, 0.717) is 12.0 Å². The zero-order valence-electron chi connectivity index (χ0n) is 13.5. The third-order valence-electron chi connectivity index (χ3n) is 4.68. The fourth-order valence-electron chi connectivity index (χ4n) is 3.44. The van der Waals surface area contributed by atoms with Crippen LogP contribution in [0.1, 0.15) is 17.9 Å². The average molecular weight is 340 g/mol. The van der Waals surface area contributed by atoms with Gasteiger partial charge in [-0.05, 0) is 29.4 Å². The summed E-state index contributed by atoms with van der Waals surface area (Å²) in [5.41, 5.74) is 1.42. The summed E-state index contributed by atoms with van der Waals surface area (Å²) in [4.78, 5) is 0. The van der Waals surface area contributed by atoms with Crippen molar-refractivity contribution >= 4 is 23.2 Å². The van der Waals surface area contributed by atoms with Crippen molar-refractivity contribution in [2.45, 2.75) is 18.4 Å².